The van der Waals surface area contributed by atoms with Crippen molar-refractivity contribution in [1.82, 2.24) is 0 Å². The van der Waals surface area contributed by atoms with Gasteiger partial charge in [-0.05, 0) is 12.1 Å². The number of ether oxygens (including phenoxy) is 1. The van der Waals surface area contributed by atoms with Crippen molar-refractivity contribution in [2.75, 3.05) is 32.2 Å². The molecular weight excluding hydrogens is 215 g/mol. The van der Waals surface area contributed by atoms with Gasteiger partial charge in [-0.25, -0.2) is 4.39 Å². The monoisotopic (exact) mass is 228 g/mol. The third-order valence-corrected chi connectivity index (χ3v) is 2.18. The molecule has 0 aliphatic carbocycles. The smallest absolute Gasteiger partial charge is 0.295 e. The number of nitro benzene ring substituents is 1. The molecule has 88 valence electrons. The van der Waals surface area contributed by atoms with Crippen LogP contribution >= 0.6 is 0 Å². The van der Waals surface area contributed by atoms with Gasteiger partial charge in [0.15, 0.2) is 0 Å². The topological polar surface area (TPSA) is 55.6 Å². The highest BCUT2D eigenvalue weighted by Crippen LogP contribution is 2.27. The van der Waals surface area contributed by atoms with Crippen LogP contribution in [0.25, 0.3) is 0 Å². The third kappa shape index (κ3) is 2.90. The number of rotatable bonds is 5. The Balaban J connectivity index is 2.98. The van der Waals surface area contributed by atoms with E-state index in [1.165, 1.54) is 12.1 Å². The largest absolute Gasteiger partial charge is 0.383 e. The maximum Gasteiger partial charge on any atom is 0.295 e. The molecule has 0 bridgehead atoms. The summed E-state index contributed by atoms with van der Waals surface area (Å²) in [5.74, 6) is -0.615. The zero-order chi connectivity index (χ0) is 12.1. The minimum Gasteiger partial charge on any atom is -0.383 e. The van der Waals surface area contributed by atoms with Gasteiger partial charge in [0, 0.05) is 20.7 Å². The molecule has 0 atom stereocenters. The van der Waals surface area contributed by atoms with Crippen LogP contribution in [-0.4, -0.2) is 32.2 Å². The number of halogens is 1. The molecule has 0 saturated heterocycles. The van der Waals surface area contributed by atoms with E-state index in [4.69, 9.17) is 4.74 Å². The number of methoxy groups -OCH3 is 1. The third-order valence-electron chi connectivity index (χ3n) is 2.18. The average Bonchev–Trinajstić information content (AvgIpc) is 2.25. The van der Waals surface area contributed by atoms with Crippen LogP contribution in [0.15, 0.2) is 18.2 Å². The highest BCUT2D eigenvalue weighted by molar-refractivity contribution is 5.62. The predicted molar refractivity (Wildman–Crippen MR) is 58.2 cm³/mol. The van der Waals surface area contributed by atoms with Crippen molar-refractivity contribution >= 4 is 11.4 Å². The zero-order valence-corrected chi connectivity index (χ0v) is 9.14. The normalized spacial score (nSPS) is 10.2. The Morgan fingerprint density at radius 1 is 1.56 bits per heavy atom. The van der Waals surface area contributed by atoms with E-state index in [0.717, 1.165) is 6.07 Å². The predicted octanol–water partition coefficient (Wildman–Crippen LogP) is 1.82. The number of nitrogens with zero attached hydrogens (tertiary/aromatic N) is 2. The van der Waals surface area contributed by atoms with Gasteiger partial charge in [-0.3, -0.25) is 10.1 Å². The van der Waals surface area contributed by atoms with Gasteiger partial charge in [0.05, 0.1) is 17.6 Å². The Morgan fingerprint density at radius 3 is 2.81 bits per heavy atom. The Hall–Kier alpha value is -1.69. The lowest BCUT2D eigenvalue weighted by atomic mass is 10.2. The van der Waals surface area contributed by atoms with Crippen molar-refractivity contribution < 1.29 is 14.1 Å². The lowest BCUT2D eigenvalue weighted by Gasteiger charge is -2.18. The second-order valence-electron chi connectivity index (χ2n) is 3.30. The van der Waals surface area contributed by atoms with Gasteiger partial charge in [-0.1, -0.05) is 0 Å². The molecule has 6 heteroatoms. The molecule has 0 unspecified atom stereocenters. The molecule has 1 rings (SSSR count). The van der Waals surface area contributed by atoms with E-state index in [9.17, 15) is 14.5 Å². The molecule has 0 spiro atoms. The number of hydrogen-bond donors (Lipinski definition) is 0. The van der Waals surface area contributed by atoms with Crippen LogP contribution in [0.2, 0.25) is 0 Å². The second kappa shape index (κ2) is 5.41. The van der Waals surface area contributed by atoms with Crippen LogP contribution in [0.4, 0.5) is 15.8 Å². The first-order valence-electron chi connectivity index (χ1n) is 4.70. The van der Waals surface area contributed by atoms with Crippen molar-refractivity contribution in [2.45, 2.75) is 0 Å². The summed E-state index contributed by atoms with van der Waals surface area (Å²) < 4.78 is 17.7. The summed E-state index contributed by atoms with van der Waals surface area (Å²) in [6.07, 6.45) is 0. The molecular formula is C10H13FN2O3. The van der Waals surface area contributed by atoms with Crippen LogP contribution < -0.4 is 4.90 Å². The summed E-state index contributed by atoms with van der Waals surface area (Å²) in [5, 5.41) is 10.7. The van der Waals surface area contributed by atoms with Crippen molar-refractivity contribution in [2.24, 2.45) is 0 Å². The van der Waals surface area contributed by atoms with Crippen molar-refractivity contribution in [3.8, 4) is 0 Å². The minimum atomic E-state index is -0.615. The number of nitro groups is 1. The SMILES string of the molecule is COCCN(C)c1ccc(F)cc1[N+](=O)[O-]. The van der Waals surface area contributed by atoms with Crippen LogP contribution in [0, 0.1) is 15.9 Å². The summed E-state index contributed by atoms with van der Waals surface area (Å²) in [6, 6.07) is 3.51. The molecule has 0 N–H and O–H groups in total. The molecule has 0 aliphatic heterocycles. The molecule has 1 aromatic carbocycles. The standard InChI is InChI=1S/C10H13FN2O3/c1-12(5-6-16-2)9-4-3-8(11)7-10(9)13(14)15/h3-4,7H,5-6H2,1-2H3. The average molecular weight is 228 g/mol. The van der Waals surface area contributed by atoms with Crippen LogP contribution in [-0.2, 0) is 4.74 Å². The van der Waals surface area contributed by atoms with Gasteiger partial charge in [0.25, 0.3) is 5.69 Å². The van der Waals surface area contributed by atoms with Crippen molar-refractivity contribution in [3.63, 3.8) is 0 Å². The highest BCUT2D eigenvalue weighted by Gasteiger charge is 2.17. The lowest BCUT2D eigenvalue weighted by molar-refractivity contribution is -0.384. The highest BCUT2D eigenvalue weighted by atomic mass is 19.1. The molecule has 1 aromatic rings. The Morgan fingerprint density at radius 2 is 2.25 bits per heavy atom. The fourth-order valence-corrected chi connectivity index (χ4v) is 1.31. The van der Waals surface area contributed by atoms with Gasteiger partial charge in [0.2, 0.25) is 0 Å². The van der Waals surface area contributed by atoms with Gasteiger partial charge < -0.3 is 9.64 Å². The number of benzene rings is 1. The molecule has 16 heavy (non-hydrogen) atoms. The zero-order valence-electron chi connectivity index (χ0n) is 9.14. The Labute approximate surface area is 92.6 Å². The number of anilines is 1. The van der Waals surface area contributed by atoms with E-state index in [0.29, 0.717) is 18.8 Å². The summed E-state index contributed by atoms with van der Waals surface area (Å²) in [5.41, 5.74) is 0.141. The molecule has 5 nitrogen and oxygen atoms in total. The quantitative estimate of drug-likeness (QED) is 0.569. The first-order chi connectivity index (χ1) is 7.56. The number of hydrogen-bond acceptors (Lipinski definition) is 4. The molecule has 0 aromatic heterocycles. The molecule has 0 saturated carbocycles. The van der Waals surface area contributed by atoms with Crippen LogP contribution in [0.5, 0.6) is 0 Å². The van der Waals surface area contributed by atoms with Gasteiger partial charge in [0.1, 0.15) is 11.5 Å². The fraction of sp³-hybridized carbons (Fsp3) is 0.400. The van der Waals surface area contributed by atoms with E-state index < -0.39 is 10.7 Å². The molecule has 0 amide bonds. The Bertz CT molecular complexity index is 384. The Kier molecular flexibility index (Phi) is 4.19. The summed E-state index contributed by atoms with van der Waals surface area (Å²) in [4.78, 5) is 11.8. The van der Waals surface area contributed by atoms with E-state index in [1.807, 2.05) is 0 Å². The maximum atomic E-state index is 12.9. The number of likely N-dealkylation sites (N-methyl/N-ethyl adjacent to an activating group) is 1. The van der Waals surface area contributed by atoms with Gasteiger partial charge in [-0.15, -0.1) is 0 Å². The van der Waals surface area contributed by atoms with E-state index >= 15 is 0 Å². The summed E-state index contributed by atoms with van der Waals surface area (Å²) in [6.45, 7) is 0.952. The van der Waals surface area contributed by atoms with Crippen LogP contribution in [0.3, 0.4) is 0 Å². The van der Waals surface area contributed by atoms with E-state index in [1.54, 1.807) is 19.1 Å². The first kappa shape index (κ1) is 12.4. The first-order valence-corrected chi connectivity index (χ1v) is 4.70. The molecule has 0 aliphatic rings. The second-order valence-corrected chi connectivity index (χ2v) is 3.30. The van der Waals surface area contributed by atoms with Gasteiger partial charge >= 0.3 is 0 Å². The van der Waals surface area contributed by atoms with Gasteiger partial charge in [-0.2, -0.15) is 0 Å². The lowest BCUT2D eigenvalue weighted by Crippen LogP contribution is -2.22. The van der Waals surface area contributed by atoms with E-state index in [-0.39, 0.29) is 5.69 Å². The summed E-state index contributed by atoms with van der Waals surface area (Å²) in [7, 11) is 3.24. The molecule has 0 heterocycles. The van der Waals surface area contributed by atoms with Crippen LogP contribution in [0.1, 0.15) is 0 Å². The molecule has 0 fully saturated rings. The van der Waals surface area contributed by atoms with Crippen molar-refractivity contribution in [3.05, 3.63) is 34.1 Å². The summed E-state index contributed by atoms with van der Waals surface area (Å²) >= 11 is 0. The molecule has 0 radical (unpaired) electrons. The maximum absolute atomic E-state index is 12.9. The fourth-order valence-electron chi connectivity index (χ4n) is 1.31. The van der Waals surface area contributed by atoms with Crippen molar-refractivity contribution in [1.29, 1.82) is 0 Å². The van der Waals surface area contributed by atoms with E-state index in [2.05, 4.69) is 0 Å². The minimum absolute atomic E-state index is 0.237.